The van der Waals surface area contributed by atoms with Crippen molar-refractivity contribution < 1.29 is 4.42 Å². The molecule has 3 nitrogen and oxygen atoms in total. The van der Waals surface area contributed by atoms with Gasteiger partial charge in [-0.05, 0) is 247 Å². The summed E-state index contributed by atoms with van der Waals surface area (Å²) in [7, 11) is 0. The summed E-state index contributed by atoms with van der Waals surface area (Å²) in [6, 6.07) is 73.7. The maximum absolute atomic E-state index is 6.74. The molecule has 1 aromatic heterocycles. The minimum atomic E-state index is -0.801. The van der Waals surface area contributed by atoms with E-state index in [9.17, 15) is 0 Å². The molecule has 0 bridgehead atoms. The molecule has 348 valence electrons. The van der Waals surface area contributed by atoms with Gasteiger partial charge in [0.1, 0.15) is 11.2 Å². The molecule has 72 heavy (non-hydrogen) atoms. The van der Waals surface area contributed by atoms with Gasteiger partial charge in [0.2, 0.25) is 0 Å². The Hall–Kier alpha value is -8.40. The highest BCUT2D eigenvalue weighted by Crippen LogP contribution is 2.63. The fourth-order valence-corrected chi connectivity index (χ4v) is 12.0. The van der Waals surface area contributed by atoms with Gasteiger partial charge < -0.3 is 14.2 Å². The summed E-state index contributed by atoms with van der Waals surface area (Å²) in [5.74, 6) is 0. The monoisotopic (exact) mass is 928 g/mol. The van der Waals surface area contributed by atoms with Gasteiger partial charge in [0.05, 0.1) is 5.41 Å². The number of hydrogen-bond donors (Lipinski definition) is 0. The maximum atomic E-state index is 6.74. The van der Waals surface area contributed by atoms with Gasteiger partial charge in [-0.15, -0.1) is 0 Å². The van der Waals surface area contributed by atoms with E-state index < -0.39 is 5.41 Å². The van der Waals surface area contributed by atoms with E-state index in [1.165, 1.54) is 100 Å². The van der Waals surface area contributed by atoms with Crippen LogP contribution in [-0.4, -0.2) is 0 Å². The fraction of sp³-hybridized carbons (Fsp3) is 0.130. The van der Waals surface area contributed by atoms with E-state index in [2.05, 4.69) is 259 Å². The van der Waals surface area contributed by atoms with Crippen molar-refractivity contribution in [1.82, 2.24) is 0 Å². The van der Waals surface area contributed by atoms with Crippen molar-refractivity contribution in [3.63, 3.8) is 0 Å². The van der Waals surface area contributed by atoms with Crippen molar-refractivity contribution >= 4 is 56.1 Å². The zero-order valence-corrected chi connectivity index (χ0v) is 42.3. The molecule has 0 aliphatic heterocycles. The van der Waals surface area contributed by atoms with Crippen LogP contribution < -0.4 is 9.80 Å². The zero-order chi connectivity index (χ0) is 49.2. The second-order valence-corrected chi connectivity index (χ2v) is 20.5. The molecule has 0 N–H and O–H groups in total. The predicted molar refractivity (Wildman–Crippen MR) is 303 cm³/mol. The number of fused-ring (bicyclic) bond motifs is 15. The number of hydrogen-bond acceptors (Lipinski definition) is 3. The molecule has 2 aliphatic rings. The smallest absolute Gasteiger partial charge is 0.136 e. The molecular weight excluding hydrogens is 873 g/mol. The third-order valence-corrected chi connectivity index (χ3v) is 16.4. The summed E-state index contributed by atoms with van der Waals surface area (Å²) in [5.41, 5.74) is 30.1. The molecule has 0 saturated carbocycles. The number of anilines is 6. The van der Waals surface area contributed by atoms with Crippen LogP contribution in [-0.2, 0) is 5.41 Å². The SMILES string of the molecule is Cc1ccc(N(c2ccc(C)c(C)c2)c2ccc3c(c2)C2(c4cc(N(c5ccc(C)c(C)c5)c5ccc(C)c(C)c5)ccc4-c4ccccc4-3)c3ccccc3-c3cc4oc5ccccc5c4cc32)cc1C. The average molecular weight is 929 g/mol. The molecule has 2 aliphatic carbocycles. The molecule has 1 spiro atoms. The van der Waals surface area contributed by atoms with Gasteiger partial charge in [-0.2, -0.15) is 0 Å². The Morgan fingerprint density at radius 3 is 1.11 bits per heavy atom. The maximum Gasteiger partial charge on any atom is 0.136 e. The Bertz CT molecular complexity index is 3770. The summed E-state index contributed by atoms with van der Waals surface area (Å²) in [4.78, 5) is 4.94. The molecule has 0 fully saturated rings. The van der Waals surface area contributed by atoms with E-state index >= 15 is 0 Å². The Morgan fingerprint density at radius 1 is 0.264 bits per heavy atom. The summed E-state index contributed by atoms with van der Waals surface area (Å²) in [5, 5.41) is 2.24. The van der Waals surface area contributed by atoms with Crippen LogP contribution in [0.5, 0.6) is 0 Å². The van der Waals surface area contributed by atoms with Crippen molar-refractivity contribution in [2.75, 3.05) is 9.80 Å². The van der Waals surface area contributed by atoms with E-state index in [4.69, 9.17) is 4.42 Å². The van der Waals surface area contributed by atoms with Crippen LogP contribution in [0.1, 0.15) is 66.8 Å². The van der Waals surface area contributed by atoms with Crippen molar-refractivity contribution in [3.8, 4) is 33.4 Å². The van der Waals surface area contributed by atoms with Crippen molar-refractivity contribution in [1.29, 1.82) is 0 Å². The summed E-state index contributed by atoms with van der Waals surface area (Å²) >= 11 is 0. The van der Waals surface area contributed by atoms with E-state index in [0.717, 1.165) is 56.1 Å². The second kappa shape index (κ2) is 16.3. The van der Waals surface area contributed by atoms with Crippen molar-refractivity contribution in [2.45, 2.75) is 60.8 Å². The van der Waals surface area contributed by atoms with Gasteiger partial charge in [-0.1, -0.05) is 103 Å². The molecule has 13 rings (SSSR count). The average Bonchev–Trinajstić information content (AvgIpc) is 3.87. The Morgan fingerprint density at radius 2 is 0.639 bits per heavy atom. The fourth-order valence-electron chi connectivity index (χ4n) is 12.0. The van der Waals surface area contributed by atoms with Gasteiger partial charge in [-0.3, -0.25) is 0 Å². The van der Waals surface area contributed by atoms with Crippen molar-refractivity contribution in [3.05, 3.63) is 261 Å². The molecule has 0 unspecified atom stereocenters. The van der Waals surface area contributed by atoms with E-state index in [1.54, 1.807) is 0 Å². The molecule has 0 atom stereocenters. The lowest BCUT2D eigenvalue weighted by Crippen LogP contribution is -2.30. The van der Waals surface area contributed by atoms with E-state index in [1.807, 2.05) is 0 Å². The van der Waals surface area contributed by atoms with Crippen LogP contribution in [0.4, 0.5) is 34.1 Å². The minimum Gasteiger partial charge on any atom is -0.456 e. The number of para-hydroxylation sites is 1. The van der Waals surface area contributed by atoms with Crippen LogP contribution in [0, 0.1) is 55.4 Å². The highest BCUT2D eigenvalue weighted by molar-refractivity contribution is 6.09. The predicted octanol–water partition coefficient (Wildman–Crippen LogP) is 19.0. The second-order valence-electron chi connectivity index (χ2n) is 20.5. The molecule has 0 amide bonds. The first-order valence-corrected chi connectivity index (χ1v) is 25.3. The summed E-state index contributed by atoms with van der Waals surface area (Å²) in [6.45, 7) is 17.7. The molecule has 0 radical (unpaired) electrons. The van der Waals surface area contributed by atoms with Crippen LogP contribution in [0.3, 0.4) is 0 Å². The largest absolute Gasteiger partial charge is 0.456 e. The van der Waals surface area contributed by atoms with Crippen molar-refractivity contribution in [2.24, 2.45) is 0 Å². The number of aryl methyl sites for hydroxylation is 8. The van der Waals surface area contributed by atoms with Gasteiger partial charge in [0, 0.05) is 44.9 Å². The van der Waals surface area contributed by atoms with Crippen LogP contribution in [0.25, 0.3) is 55.3 Å². The molecular formula is C69H56N2O. The van der Waals surface area contributed by atoms with Gasteiger partial charge in [0.15, 0.2) is 0 Å². The number of rotatable bonds is 6. The number of nitrogens with zero attached hydrogens (tertiary/aromatic N) is 2. The topological polar surface area (TPSA) is 19.6 Å². The molecule has 10 aromatic carbocycles. The van der Waals surface area contributed by atoms with Crippen LogP contribution >= 0.6 is 0 Å². The Labute approximate surface area is 423 Å². The molecule has 1 heterocycles. The van der Waals surface area contributed by atoms with Gasteiger partial charge in [-0.25, -0.2) is 0 Å². The lowest BCUT2D eigenvalue weighted by atomic mass is 9.65. The normalized spacial score (nSPS) is 12.8. The van der Waals surface area contributed by atoms with Gasteiger partial charge >= 0.3 is 0 Å². The third-order valence-electron chi connectivity index (χ3n) is 16.4. The van der Waals surface area contributed by atoms with Gasteiger partial charge in [0.25, 0.3) is 0 Å². The number of furan rings is 1. The van der Waals surface area contributed by atoms with E-state index in [0.29, 0.717) is 0 Å². The highest BCUT2D eigenvalue weighted by atomic mass is 16.3. The van der Waals surface area contributed by atoms with Crippen LogP contribution in [0.2, 0.25) is 0 Å². The third kappa shape index (κ3) is 6.50. The minimum absolute atomic E-state index is 0.801. The number of benzene rings is 10. The lowest BCUT2D eigenvalue weighted by molar-refractivity contribution is 0.668. The van der Waals surface area contributed by atoms with Crippen LogP contribution in [0.15, 0.2) is 199 Å². The van der Waals surface area contributed by atoms with E-state index in [-0.39, 0.29) is 0 Å². The molecule has 11 aromatic rings. The zero-order valence-electron chi connectivity index (χ0n) is 42.3. The summed E-state index contributed by atoms with van der Waals surface area (Å²) in [6.07, 6.45) is 0. The lowest BCUT2D eigenvalue weighted by Gasteiger charge is -2.37. The first-order valence-electron chi connectivity index (χ1n) is 25.3. The molecule has 0 saturated heterocycles. The Balaban J connectivity index is 1.19. The first-order chi connectivity index (χ1) is 35.0. The standard InChI is InChI=1S/C69H56N2O/c1-41-21-25-49(33-45(41)5)70(50-26-22-42(2)46(6)34-50)53-29-31-58-55-15-9-10-16-56(55)59-32-30-54(71(51-27-23-43(3)47(7)35-51)52-28-24-44(4)48(8)36-52)38-65(59)69(64(58)37-53)63-19-13-11-17-57(63)61-40-68-62(39-66(61)69)60-18-12-14-20-67(60)72-68/h9-40H,1-8H3. The first kappa shape index (κ1) is 43.6. The highest BCUT2D eigenvalue weighted by Gasteiger charge is 2.51. The quantitative estimate of drug-likeness (QED) is 0.166. The summed E-state index contributed by atoms with van der Waals surface area (Å²) < 4.78 is 6.74. The molecule has 3 heteroatoms. The Kier molecular flexibility index (Phi) is 9.89.